The summed E-state index contributed by atoms with van der Waals surface area (Å²) in [6.07, 6.45) is 5.50. The third-order valence-corrected chi connectivity index (χ3v) is 2.87. The predicted octanol–water partition coefficient (Wildman–Crippen LogP) is 2.02. The van der Waals surface area contributed by atoms with Crippen LogP contribution in [0.5, 0.6) is 0 Å². The molecule has 68 valence electrons. The first-order chi connectivity index (χ1) is 5.74. The summed E-state index contributed by atoms with van der Waals surface area (Å²) in [7, 11) is 2.05. The highest BCUT2D eigenvalue weighted by Crippen LogP contribution is 2.25. The SMILES string of the molecule is CC(C#N)N(C)CC1CCCC1. The van der Waals surface area contributed by atoms with Crippen LogP contribution in [0, 0.1) is 17.2 Å². The molecule has 1 aliphatic carbocycles. The molecule has 1 atom stereocenters. The Kier molecular flexibility index (Phi) is 3.55. The van der Waals surface area contributed by atoms with E-state index in [9.17, 15) is 0 Å². The van der Waals surface area contributed by atoms with Gasteiger partial charge >= 0.3 is 0 Å². The number of hydrogen-bond acceptors (Lipinski definition) is 2. The average molecular weight is 166 g/mol. The molecule has 0 heterocycles. The monoisotopic (exact) mass is 166 g/mol. The maximum atomic E-state index is 8.69. The van der Waals surface area contributed by atoms with E-state index >= 15 is 0 Å². The van der Waals surface area contributed by atoms with Crippen molar-refractivity contribution >= 4 is 0 Å². The normalized spacial score (nSPS) is 21.2. The highest BCUT2D eigenvalue weighted by atomic mass is 15.1. The lowest BCUT2D eigenvalue weighted by atomic mass is 10.1. The van der Waals surface area contributed by atoms with Crippen molar-refractivity contribution in [2.45, 2.75) is 38.6 Å². The van der Waals surface area contributed by atoms with E-state index in [2.05, 4.69) is 11.0 Å². The Morgan fingerprint density at radius 1 is 1.50 bits per heavy atom. The minimum atomic E-state index is 0.0746. The summed E-state index contributed by atoms with van der Waals surface area (Å²) in [4.78, 5) is 2.16. The Bertz CT molecular complexity index is 165. The van der Waals surface area contributed by atoms with Crippen LogP contribution in [0.1, 0.15) is 32.6 Å². The van der Waals surface area contributed by atoms with Crippen molar-refractivity contribution < 1.29 is 0 Å². The Hall–Kier alpha value is -0.550. The van der Waals surface area contributed by atoms with E-state index < -0.39 is 0 Å². The molecule has 0 aromatic carbocycles. The van der Waals surface area contributed by atoms with E-state index in [0.717, 1.165) is 12.5 Å². The minimum Gasteiger partial charge on any atom is -0.291 e. The van der Waals surface area contributed by atoms with Crippen LogP contribution in [0.25, 0.3) is 0 Å². The zero-order chi connectivity index (χ0) is 8.97. The van der Waals surface area contributed by atoms with Gasteiger partial charge in [-0.1, -0.05) is 12.8 Å². The zero-order valence-corrected chi connectivity index (χ0v) is 8.08. The molecule has 0 bridgehead atoms. The molecule has 1 fully saturated rings. The largest absolute Gasteiger partial charge is 0.291 e. The van der Waals surface area contributed by atoms with Crippen molar-refractivity contribution in [3.63, 3.8) is 0 Å². The lowest BCUT2D eigenvalue weighted by molar-refractivity contribution is 0.253. The molecular formula is C10H18N2. The van der Waals surface area contributed by atoms with Crippen LogP contribution in [0.15, 0.2) is 0 Å². The lowest BCUT2D eigenvalue weighted by Crippen LogP contribution is -2.31. The molecule has 2 nitrogen and oxygen atoms in total. The molecule has 0 spiro atoms. The maximum absolute atomic E-state index is 8.69. The predicted molar refractivity (Wildman–Crippen MR) is 49.7 cm³/mol. The molecule has 0 aromatic rings. The average Bonchev–Trinajstić information content (AvgIpc) is 2.55. The summed E-state index contributed by atoms with van der Waals surface area (Å²) in [6, 6.07) is 2.34. The molecule has 0 N–H and O–H groups in total. The van der Waals surface area contributed by atoms with Gasteiger partial charge in [0.05, 0.1) is 12.1 Å². The molecule has 1 rings (SSSR count). The fourth-order valence-electron chi connectivity index (χ4n) is 1.86. The molecule has 0 radical (unpaired) electrons. The molecule has 1 aliphatic rings. The van der Waals surface area contributed by atoms with Gasteiger partial charge in [0.25, 0.3) is 0 Å². The Balaban J connectivity index is 2.25. The van der Waals surface area contributed by atoms with Crippen molar-refractivity contribution in [2.75, 3.05) is 13.6 Å². The number of hydrogen-bond donors (Lipinski definition) is 0. The summed E-state index contributed by atoms with van der Waals surface area (Å²) >= 11 is 0. The quantitative estimate of drug-likeness (QED) is 0.641. The first-order valence-electron chi connectivity index (χ1n) is 4.84. The van der Waals surface area contributed by atoms with Gasteiger partial charge in [0.2, 0.25) is 0 Å². The number of nitrogens with zero attached hydrogens (tertiary/aromatic N) is 2. The van der Waals surface area contributed by atoms with Crippen LogP contribution in [0.2, 0.25) is 0 Å². The Morgan fingerprint density at radius 3 is 2.58 bits per heavy atom. The van der Waals surface area contributed by atoms with Gasteiger partial charge in [-0.05, 0) is 32.7 Å². The van der Waals surface area contributed by atoms with E-state index in [0.29, 0.717) is 0 Å². The molecule has 12 heavy (non-hydrogen) atoms. The zero-order valence-electron chi connectivity index (χ0n) is 8.08. The van der Waals surface area contributed by atoms with Crippen molar-refractivity contribution in [2.24, 2.45) is 5.92 Å². The molecule has 2 heteroatoms. The van der Waals surface area contributed by atoms with Crippen LogP contribution in [-0.4, -0.2) is 24.5 Å². The molecule has 1 saturated carbocycles. The maximum Gasteiger partial charge on any atom is 0.0946 e. The smallest absolute Gasteiger partial charge is 0.0946 e. The lowest BCUT2D eigenvalue weighted by Gasteiger charge is -2.22. The van der Waals surface area contributed by atoms with Crippen LogP contribution >= 0.6 is 0 Å². The molecular weight excluding hydrogens is 148 g/mol. The highest BCUT2D eigenvalue weighted by molar-refractivity contribution is 4.87. The minimum absolute atomic E-state index is 0.0746. The van der Waals surface area contributed by atoms with E-state index in [-0.39, 0.29) is 6.04 Å². The van der Waals surface area contributed by atoms with Gasteiger partial charge in [0.15, 0.2) is 0 Å². The molecule has 0 aromatic heterocycles. The summed E-state index contributed by atoms with van der Waals surface area (Å²) in [5.41, 5.74) is 0. The van der Waals surface area contributed by atoms with E-state index in [1.807, 2.05) is 14.0 Å². The summed E-state index contributed by atoms with van der Waals surface area (Å²) in [5, 5.41) is 8.69. The van der Waals surface area contributed by atoms with Gasteiger partial charge in [-0.3, -0.25) is 4.90 Å². The van der Waals surface area contributed by atoms with Gasteiger partial charge in [0.1, 0.15) is 0 Å². The van der Waals surface area contributed by atoms with Gasteiger partial charge < -0.3 is 0 Å². The third kappa shape index (κ3) is 2.49. The standard InChI is InChI=1S/C10H18N2/c1-9(7-11)12(2)8-10-5-3-4-6-10/h9-10H,3-6,8H2,1-2H3. The Labute approximate surface area is 75.2 Å². The second kappa shape index (κ2) is 4.47. The summed E-state index contributed by atoms with van der Waals surface area (Å²) < 4.78 is 0. The van der Waals surface area contributed by atoms with E-state index in [1.165, 1.54) is 25.7 Å². The number of nitriles is 1. The molecule has 0 saturated heterocycles. The highest BCUT2D eigenvalue weighted by Gasteiger charge is 2.18. The molecule has 1 unspecified atom stereocenters. The Morgan fingerprint density at radius 2 is 2.08 bits per heavy atom. The van der Waals surface area contributed by atoms with Crippen LogP contribution in [0.4, 0.5) is 0 Å². The van der Waals surface area contributed by atoms with Crippen molar-refractivity contribution in [3.8, 4) is 6.07 Å². The topological polar surface area (TPSA) is 27.0 Å². The van der Waals surface area contributed by atoms with Crippen LogP contribution < -0.4 is 0 Å². The van der Waals surface area contributed by atoms with Crippen LogP contribution in [-0.2, 0) is 0 Å². The van der Waals surface area contributed by atoms with Crippen molar-refractivity contribution in [3.05, 3.63) is 0 Å². The second-order valence-electron chi connectivity index (χ2n) is 3.90. The second-order valence-corrected chi connectivity index (χ2v) is 3.90. The first-order valence-corrected chi connectivity index (χ1v) is 4.84. The summed E-state index contributed by atoms with van der Waals surface area (Å²) in [6.45, 7) is 3.07. The fourth-order valence-corrected chi connectivity index (χ4v) is 1.86. The van der Waals surface area contributed by atoms with E-state index in [1.54, 1.807) is 0 Å². The van der Waals surface area contributed by atoms with E-state index in [4.69, 9.17) is 5.26 Å². The fraction of sp³-hybridized carbons (Fsp3) is 0.900. The summed E-state index contributed by atoms with van der Waals surface area (Å²) in [5.74, 6) is 0.853. The van der Waals surface area contributed by atoms with Crippen molar-refractivity contribution in [1.82, 2.24) is 4.90 Å². The van der Waals surface area contributed by atoms with Gasteiger partial charge in [0, 0.05) is 6.54 Å². The van der Waals surface area contributed by atoms with Gasteiger partial charge in [-0.2, -0.15) is 5.26 Å². The first kappa shape index (κ1) is 9.54. The van der Waals surface area contributed by atoms with Gasteiger partial charge in [-0.15, -0.1) is 0 Å². The third-order valence-electron chi connectivity index (χ3n) is 2.87. The number of rotatable bonds is 3. The van der Waals surface area contributed by atoms with Crippen LogP contribution in [0.3, 0.4) is 0 Å². The van der Waals surface area contributed by atoms with Crippen molar-refractivity contribution in [1.29, 1.82) is 5.26 Å². The molecule has 0 aliphatic heterocycles. The molecule has 0 amide bonds. The van der Waals surface area contributed by atoms with Gasteiger partial charge in [-0.25, -0.2) is 0 Å².